The minimum atomic E-state index is -3.97. The fraction of sp³-hybridized carbons (Fsp3) is 0.135. The van der Waals surface area contributed by atoms with E-state index in [1.807, 2.05) is 67.6 Å². The van der Waals surface area contributed by atoms with E-state index in [1.165, 1.54) is 42.3 Å². The van der Waals surface area contributed by atoms with Gasteiger partial charge < -0.3 is 20.2 Å². The zero-order chi connectivity index (χ0) is 33.7. The molecule has 0 saturated carbocycles. The molecule has 0 saturated heterocycles. The van der Waals surface area contributed by atoms with E-state index >= 15 is 0 Å². The van der Waals surface area contributed by atoms with E-state index < -0.39 is 34.5 Å². The number of aryl methyl sites for hydroxylation is 1. The van der Waals surface area contributed by atoms with Gasteiger partial charge in [-0.05, 0) is 71.1 Å². The molecule has 0 unspecified atom stereocenters. The fourth-order valence-corrected chi connectivity index (χ4v) is 6.19. The van der Waals surface area contributed by atoms with Crippen molar-refractivity contribution in [3.05, 3.63) is 138 Å². The molecule has 0 aromatic heterocycles. The van der Waals surface area contributed by atoms with Gasteiger partial charge in [0.15, 0.2) is 6.29 Å². The summed E-state index contributed by atoms with van der Waals surface area (Å²) >= 11 is 0. The number of sulfonamides is 1. The van der Waals surface area contributed by atoms with E-state index in [1.54, 1.807) is 24.3 Å². The number of rotatable bonds is 10. The average molecular weight is 648 g/mol. The third-order valence-electron chi connectivity index (χ3n) is 7.85. The topological polar surface area (TPSA) is 142 Å². The van der Waals surface area contributed by atoms with Gasteiger partial charge in [-0.3, -0.25) is 4.79 Å². The van der Waals surface area contributed by atoms with Crippen molar-refractivity contribution in [1.82, 2.24) is 4.31 Å². The molecule has 3 N–H and O–H groups in total. The van der Waals surface area contributed by atoms with E-state index in [-0.39, 0.29) is 22.7 Å². The van der Waals surface area contributed by atoms with Gasteiger partial charge in [0.25, 0.3) is 0 Å². The molecule has 5 rings (SSSR count). The number of likely N-dealkylation sites (N-methyl/N-ethyl adjacent to an activating group) is 1. The van der Waals surface area contributed by atoms with Crippen molar-refractivity contribution in [3.63, 3.8) is 0 Å². The first-order valence-corrected chi connectivity index (χ1v) is 16.1. The number of phenolic OH excluding ortho intramolecular Hbond substituents is 1. The highest BCUT2D eigenvalue weighted by atomic mass is 32.2. The molecule has 0 heterocycles. The van der Waals surface area contributed by atoms with Crippen LogP contribution in [-0.4, -0.2) is 47.5 Å². The quantitative estimate of drug-likeness (QED) is 0.164. The number of aliphatic hydroxyl groups is 2. The van der Waals surface area contributed by atoms with E-state index in [0.29, 0.717) is 5.56 Å². The highest BCUT2D eigenvalue weighted by Gasteiger charge is 2.27. The number of benzene rings is 5. The molecular weight excluding hydrogens is 614 g/mol. The van der Waals surface area contributed by atoms with Gasteiger partial charge in [-0.1, -0.05) is 78.4 Å². The number of carbonyl (C=O) groups is 1. The first-order valence-electron chi connectivity index (χ1n) is 14.7. The summed E-state index contributed by atoms with van der Waals surface area (Å²) in [4.78, 5) is 15.1. The van der Waals surface area contributed by atoms with Crippen molar-refractivity contribution in [1.29, 1.82) is 5.26 Å². The summed E-state index contributed by atoms with van der Waals surface area (Å²) in [7, 11) is -2.64. The van der Waals surface area contributed by atoms with E-state index in [0.717, 1.165) is 37.7 Å². The third kappa shape index (κ3) is 7.57. The second-order valence-electron chi connectivity index (χ2n) is 11.1. The molecule has 5 aromatic carbocycles. The van der Waals surface area contributed by atoms with E-state index in [9.17, 15) is 28.5 Å². The van der Waals surface area contributed by atoms with Crippen LogP contribution in [0.3, 0.4) is 0 Å². The van der Waals surface area contributed by atoms with Crippen LogP contribution in [0.15, 0.2) is 120 Å². The Bertz CT molecular complexity index is 2020. The Morgan fingerprint density at radius 1 is 0.787 bits per heavy atom. The minimum absolute atomic E-state index is 0.0512. The third-order valence-corrected chi connectivity index (χ3v) is 9.67. The molecule has 0 radical (unpaired) electrons. The number of carbonyl (C=O) groups excluding carboxylic acids is 1. The molecule has 0 fully saturated rings. The predicted octanol–water partition coefficient (Wildman–Crippen LogP) is 5.74. The lowest BCUT2D eigenvalue weighted by Gasteiger charge is -2.26. The Kier molecular flexibility index (Phi) is 9.84. The lowest BCUT2D eigenvalue weighted by atomic mass is 9.99. The van der Waals surface area contributed by atoms with Crippen molar-refractivity contribution in [2.45, 2.75) is 24.7 Å². The lowest BCUT2D eigenvalue weighted by molar-refractivity contribution is -0.118. The number of amides is 1. The standard InChI is InChI=1S/C37H33N3O6S/c1-25-3-18-33(19-4-25)47(45,46)39(2)24-36(42)40(32-17-20-34(37(43)44)35(41)21-32)23-27-7-11-29(12-8-27)31-15-13-30(14-16-31)28-9-5-26(22-38)6-10-28/h3-21,37,41,43-44H,23-24H2,1-2H3. The Hall–Kier alpha value is -5.31. The zero-order valence-corrected chi connectivity index (χ0v) is 26.6. The average Bonchev–Trinajstić information content (AvgIpc) is 3.07. The van der Waals surface area contributed by atoms with Crippen molar-refractivity contribution < 1.29 is 28.5 Å². The molecule has 0 aliphatic carbocycles. The maximum Gasteiger partial charge on any atom is 0.243 e. The largest absolute Gasteiger partial charge is 0.507 e. The van der Waals surface area contributed by atoms with Gasteiger partial charge in [-0.2, -0.15) is 9.57 Å². The number of aromatic hydroxyl groups is 1. The lowest BCUT2D eigenvalue weighted by Crippen LogP contribution is -2.41. The van der Waals surface area contributed by atoms with Crippen molar-refractivity contribution in [2.75, 3.05) is 18.5 Å². The van der Waals surface area contributed by atoms with Crippen LogP contribution in [-0.2, 0) is 21.4 Å². The summed E-state index contributed by atoms with van der Waals surface area (Å²) in [6.07, 6.45) is -1.91. The van der Waals surface area contributed by atoms with Gasteiger partial charge in [-0.15, -0.1) is 0 Å². The molecule has 0 bridgehead atoms. The minimum Gasteiger partial charge on any atom is -0.507 e. The van der Waals surface area contributed by atoms with Crippen LogP contribution >= 0.6 is 0 Å². The fourth-order valence-electron chi connectivity index (χ4n) is 5.07. The summed E-state index contributed by atoms with van der Waals surface area (Å²) in [5.74, 6) is -0.974. The maximum absolute atomic E-state index is 13.7. The summed E-state index contributed by atoms with van der Waals surface area (Å²) in [6.45, 7) is 1.42. The predicted molar refractivity (Wildman–Crippen MR) is 179 cm³/mol. The molecule has 9 nitrogen and oxygen atoms in total. The molecule has 0 spiro atoms. The van der Waals surface area contributed by atoms with Gasteiger partial charge in [-0.25, -0.2) is 8.42 Å². The first kappa shape index (κ1) is 33.1. The molecule has 0 aliphatic heterocycles. The number of hydrogen-bond acceptors (Lipinski definition) is 7. The number of aliphatic hydroxyl groups excluding tert-OH is 1. The molecule has 238 valence electrons. The number of nitriles is 1. The highest BCUT2D eigenvalue weighted by molar-refractivity contribution is 7.89. The smallest absolute Gasteiger partial charge is 0.243 e. The van der Waals surface area contributed by atoms with E-state index in [4.69, 9.17) is 5.26 Å². The van der Waals surface area contributed by atoms with Gasteiger partial charge in [0, 0.05) is 24.4 Å². The van der Waals surface area contributed by atoms with Gasteiger partial charge in [0.1, 0.15) is 5.75 Å². The molecule has 5 aromatic rings. The molecule has 47 heavy (non-hydrogen) atoms. The van der Waals surface area contributed by atoms with Crippen molar-refractivity contribution in [2.24, 2.45) is 0 Å². The van der Waals surface area contributed by atoms with Gasteiger partial charge in [0.05, 0.1) is 29.6 Å². The zero-order valence-electron chi connectivity index (χ0n) is 25.8. The van der Waals surface area contributed by atoms with Crippen LogP contribution in [0.4, 0.5) is 5.69 Å². The second kappa shape index (κ2) is 14.0. The normalized spacial score (nSPS) is 11.4. The second-order valence-corrected chi connectivity index (χ2v) is 13.2. The summed E-state index contributed by atoms with van der Waals surface area (Å²) in [5, 5.41) is 38.6. The Morgan fingerprint density at radius 3 is 1.79 bits per heavy atom. The summed E-state index contributed by atoms with van der Waals surface area (Å²) in [5.41, 5.74) is 6.30. The number of hydrogen-bond donors (Lipinski definition) is 3. The SMILES string of the molecule is Cc1ccc(S(=O)(=O)N(C)CC(=O)N(Cc2ccc(-c3ccc(-c4ccc(C#N)cc4)cc3)cc2)c2ccc(C(O)O)c(O)c2)cc1. The van der Waals surface area contributed by atoms with Crippen molar-refractivity contribution in [3.8, 4) is 34.1 Å². The maximum atomic E-state index is 13.7. The molecule has 10 heteroatoms. The van der Waals surface area contributed by atoms with Crippen LogP contribution in [0.2, 0.25) is 0 Å². The number of phenols is 1. The van der Waals surface area contributed by atoms with Gasteiger partial charge >= 0.3 is 0 Å². The van der Waals surface area contributed by atoms with Crippen LogP contribution in [0.25, 0.3) is 22.3 Å². The highest BCUT2D eigenvalue weighted by Crippen LogP contribution is 2.30. The number of anilines is 1. The monoisotopic (exact) mass is 647 g/mol. The Balaban J connectivity index is 1.38. The van der Waals surface area contributed by atoms with Crippen LogP contribution in [0.5, 0.6) is 5.75 Å². The first-order chi connectivity index (χ1) is 22.5. The van der Waals surface area contributed by atoms with Crippen LogP contribution < -0.4 is 4.90 Å². The van der Waals surface area contributed by atoms with E-state index in [2.05, 4.69) is 6.07 Å². The van der Waals surface area contributed by atoms with Crippen molar-refractivity contribution >= 4 is 21.6 Å². The molecular formula is C37H33N3O6S. The van der Waals surface area contributed by atoms with Crippen LogP contribution in [0.1, 0.15) is 28.5 Å². The Morgan fingerprint density at radius 2 is 1.30 bits per heavy atom. The Labute approximate surface area is 273 Å². The van der Waals surface area contributed by atoms with Crippen LogP contribution in [0, 0.1) is 18.3 Å². The van der Waals surface area contributed by atoms with Gasteiger partial charge in [0.2, 0.25) is 15.9 Å². The molecule has 0 atom stereocenters. The molecule has 0 aliphatic rings. The molecule has 1 amide bonds. The number of nitrogens with zero attached hydrogens (tertiary/aromatic N) is 3. The summed E-state index contributed by atoms with van der Waals surface area (Å²) < 4.78 is 27.4. The summed E-state index contributed by atoms with van der Waals surface area (Å²) in [6, 6.07) is 35.4.